The van der Waals surface area contributed by atoms with E-state index in [0.29, 0.717) is 5.56 Å². The van der Waals surface area contributed by atoms with Gasteiger partial charge < -0.3 is 0 Å². The molecular weight excluding hydrogens is 259 g/mol. The van der Waals surface area contributed by atoms with E-state index in [9.17, 15) is 4.39 Å². The van der Waals surface area contributed by atoms with Crippen LogP contribution in [0, 0.1) is 12.7 Å². The highest BCUT2D eigenvalue weighted by molar-refractivity contribution is 6.31. The van der Waals surface area contributed by atoms with E-state index in [2.05, 4.69) is 6.07 Å². The minimum absolute atomic E-state index is 0.184. The molecule has 0 nitrogen and oxygen atoms in total. The first-order chi connectivity index (χ1) is 8.79. The molecule has 0 amide bonds. The summed E-state index contributed by atoms with van der Waals surface area (Å²) in [4.78, 5) is 0. The van der Waals surface area contributed by atoms with Crippen LogP contribution < -0.4 is 0 Å². The SMILES string of the molecule is Cc1cccc(-c2cc(Cl)c(F)c(C(C)(C)C)c2)c1. The lowest BCUT2D eigenvalue weighted by Crippen LogP contribution is -2.14. The van der Waals surface area contributed by atoms with Crippen LogP contribution in [-0.2, 0) is 5.41 Å². The molecule has 0 unspecified atom stereocenters. The predicted octanol–water partition coefficient (Wildman–Crippen LogP) is 5.75. The van der Waals surface area contributed by atoms with Gasteiger partial charge in [0.1, 0.15) is 5.82 Å². The van der Waals surface area contributed by atoms with Crippen LogP contribution in [0.15, 0.2) is 36.4 Å². The fourth-order valence-electron chi connectivity index (χ4n) is 2.13. The van der Waals surface area contributed by atoms with E-state index in [1.807, 2.05) is 52.0 Å². The molecule has 0 spiro atoms. The van der Waals surface area contributed by atoms with Crippen LogP contribution in [-0.4, -0.2) is 0 Å². The second-order valence-corrected chi connectivity index (χ2v) is 6.35. The molecule has 2 aromatic carbocycles. The average Bonchev–Trinajstić information content (AvgIpc) is 2.31. The van der Waals surface area contributed by atoms with Gasteiger partial charge in [-0.05, 0) is 41.2 Å². The van der Waals surface area contributed by atoms with Gasteiger partial charge in [0.2, 0.25) is 0 Å². The first-order valence-corrected chi connectivity index (χ1v) is 6.73. The summed E-state index contributed by atoms with van der Waals surface area (Å²) in [6.45, 7) is 8.00. The van der Waals surface area contributed by atoms with Gasteiger partial charge in [-0.1, -0.05) is 62.2 Å². The third kappa shape index (κ3) is 2.98. The van der Waals surface area contributed by atoms with Crippen LogP contribution in [0.4, 0.5) is 4.39 Å². The van der Waals surface area contributed by atoms with Crippen molar-refractivity contribution in [2.24, 2.45) is 0 Å². The maximum Gasteiger partial charge on any atom is 0.145 e. The van der Waals surface area contributed by atoms with Gasteiger partial charge in [0.05, 0.1) is 5.02 Å². The monoisotopic (exact) mass is 276 g/mol. The number of halogens is 2. The number of hydrogen-bond donors (Lipinski definition) is 0. The normalized spacial score (nSPS) is 11.7. The Balaban J connectivity index is 2.63. The minimum Gasteiger partial charge on any atom is -0.205 e. The van der Waals surface area contributed by atoms with Crippen molar-refractivity contribution < 1.29 is 4.39 Å². The maximum absolute atomic E-state index is 14.1. The number of hydrogen-bond acceptors (Lipinski definition) is 0. The lowest BCUT2D eigenvalue weighted by Gasteiger charge is -2.21. The largest absolute Gasteiger partial charge is 0.205 e. The molecule has 0 aliphatic heterocycles. The molecule has 0 saturated carbocycles. The van der Waals surface area contributed by atoms with Crippen LogP contribution in [0.1, 0.15) is 31.9 Å². The zero-order chi connectivity index (χ0) is 14.2. The molecule has 2 rings (SSSR count). The average molecular weight is 277 g/mol. The Hall–Kier alpha value is -1.34. The lowest BCUT2D eigenvalue weighted by atomic mass is 9.85. The summed E-state index contributed by atoms with van der Waals surface area (Å²) in [5, 5.41) is 0.184. The van der Waals surface area contributed by atoms with Gasteiger partial charge in [0.15, 0.2) is 0 Å². The van der Waals surface area contributed by atoms with Crippen molar-refractivity contribution >= 4 is 11.6 Å². The molecule has 19 heavy (non-hydrogen) atoms. The zero-order valence-electron chi connectivity index (χ0n) is 11.7. The Labute approximate surface area is 119 Å². The Bertz CT molecular complexity index is 609. The Morgan fingerprint density at radius 2 is 1.68 bits per heavy atom. The molecule has 2 heteroatoms. The van der Waals surface area contributed by atoms with E-state index >= 15 is 0 Å². The molecule has 100 valence electrons. The number of aryl methyl sites for hydroxylation is 1. The van der Waals surface area contributed by atoms with Crippen LogP contribution >= 0.6 is 11.6 Å². The van der Waals surface area contributed by atoms with E-state index in [1.54, 1.807) is 6.07 Å². The quantitative estimate of drug-likeness (QED) is 0.622. The minimum atomic E-state index is -0.314. The van der Waals surface area contributed by atoms with Crippen molar-refractivity contribution in [2.75, 3.05) is 0 Å². The first kappa shape index (κ1) is 14.1. The van der Waals surface area contributed by atoms with Crippen molar-refractivity contribution in [1.29, 1.82) is 0 Å². The van der Waals surface area contributed by atoms with E-state index in [-0.39, 0.29) is 16.3 Å². The smallest absolute Gasteiger partial charge is 0.145 e. The summed E-state index contributed by atoms with van der Waals surface area (Å²) >= 11 is 6.04. The first-order valence-electron chi connectivity index (χ1n) is 6.35. The number of rotatable bonds is 1. The van der Waals surface area contributed by atoms with E-state index in [0.717, 1.165) is 11.1 Å². The van der Waals surface area contributed by atoms with Crippen LogP contribution in [0.5, 0.6) is 0 Å². The molecule has 0 aromatic heterocycles. The van der Waals surface area contributed by atoms with Gasteiger partial charge in [-0.25, -0.2) is 4.39 Å². The lowest BCUT2D eigenvalue weighted by molar-refractivity contribution is 0.523. The summed E-state index contributed by atoms with van der Waals surface area (Å²) in [5.74, 6) is -0.314. The fourth-order valence-corrected chi connectivity index (χ4v) is 2.35. The Kier molecular flexibility index (Phi) is 3.69. The molecule has 0 bridgehead atoms. The third-order valence-corrected chi connectivity index (χ3v) is 3.46. The Morgan fingerprint density at radius 3 is 2.26 bits per heavy atom. The van der Waals surface area contributed by atoms with Crippen molar-refractivity contribution in [3.8, 4) is 11.1 Å². The molecule has 0 N–H and O–H groups in total. The van der Waals surface area contributed by atoms with Crippen molar-refractivity contribution in [1.82, 2.24) is 0 Å². The van der Waals surface area contributed by atoms with Crippen molar-refractivity contribution in [3.05, 3.63) is 58.4 Å². The maximum atomic E-state index is 14.1. The van der Waals surface area contributed by atoms with Gasteiger partial charge in [-0.3, -0.25) is 0 Å². The zero-order valence-corrected chi connectivity index (χ0v) is 12.5. The fraction of sp³-hybridized carbons (Fsp3) is 0.294. The van der Waals surface area contributed by atoms with E-state index < -0.39 is 0 Å². The number of benzene rings is 2. The van der Waals surface area contributed by atoms with Gasteiger partial charge in [-0.15, -0.1) is 0 Å². The van der Waals surface area contributed by atoms with Crippen molar-refractivity contribution in [2.45, 2.75) is 33.1 Å². The molecule has 0 heterocycles. The van der Waals surface area contributed by atoms with Crippen LogP contribution in [0.25, 0.3) is 11.1 Å². The second-order valence-electron chi connectivity index (χ2n) is 5.94. The predicted molar refractivity (Wildman–Crippen MR) is 80.3 cm³/mol. The highest BCUT2D eigenvalue weighted by atomic mass is 35.5. The van der Waals surface area contributed by atoms with Gasteiger partial charge in [0.25, 0.3) is 0 Å². The van der Waals surface area contributed by atoms with Gasteiger partial charge >= 0.3 is 0 Å². The molecule has 0 atom stereocenters. The Morgan fingerprint density at radius 1 is 1.00 bits per heavy atom. The van der Waals surface area contributed by atoms with Gasteiger partial charge in [-0.2, -0.15) is 0 Å². The summed E-state index contributed by atoms with van der Waals surface area (Å²) in [7, 11) is 0. The van der Waals surface area contributed by atoms with Crippen LogP contribution in [0.3, 0.4) is 0 Å². The third-order valence-electron chi connectivity index (χ3n) is 3.19. The van der Waals surface area contributed by atoms with E-state index in [4.69, 9.17) is 11.6 Å². The van der Waals surface area contributed by atoms with Crippen molar-refractivity contribution in [3.63, 3.8) is 0 Å². The van der Waals surface area contributed by atoms with Gasteiger partial charge in [0, 0.05) is 0 Å². The summed E-state index contributed by atoms with van der Waals surface area (Å²) < 4.78 is 14.1. The standard InChI is InChI=1S/C17H18ClF/c1-11-6-5-7-12(8-11)13-9-14(17(2,3)4)16(19)15(18)10-13/h5-10H,1-4H3. The van der Waals surface area contributed by atoms with E-state index in [1.165, 1.54) is 5.56 Å². The highest BCUT2D eigenvalue weighted by Crippen LogP contribution is 2.34. The summed E-state index contributed by atoms with van der Waals surface area (Å²) in [6.07, 6.45) is 0. The van der Waals surface area contributed by atoms with Crippen LogP contribution in [0.2, 0.25) is 5.02 Å². The molecule has 0 aliphatic rings. The topological polar surface area (TPSA) is 0 Å². The molecular formula is C17H18ClF. The summed E-state index contributed by atoms with van der Waals surface area (Å²) in [6, 6.07) is 11.7. The molecule has 0 fully saturated rings. The highest BCUT2D eigenvalue weighted by Gasteiger charge is 2.21. The second kappa shape index (κ2) is 4.97. The molecule has 2 aromatic rings. The summed E-state index contributed by atoms with van der Waals surface area (Å²) in [5.41, 5.74) is 3.58. The molecule has 0 radical (unpaired) electrons. The molecule has 0 saturated heterocycles. The molecule has 0 aliphatic carbocycles.